The average molecular weight is 296 g/mol. The van der Waals surface area contributed by atoms with Crippen LogP contribution in [0.3, 0.4) is 0 Å². The molecular weight excluding hydrogens is 280 g/mol. The number of aryl methyl sites for hydroxylation is 1. The van der Waals surface area contributed by atoms with Crippen molar-refractivity contribution in [2.24, 2.45) is 14.1 Å². The van der Waals surface area contributed by atoms with Gasteiger partial charge in [-0.2, -0.15) is 0 Å². The first-order chi connectivity index (χ1) is 9.52. The predicted octanol–water partition coefficient (Wildman–Crippen LogP) is -0.296. The molecule has 0 atom stereocenters. The molecule has 0 aliphatic rings. The summed E-state index contributed by atoms with van der Waals surface area (Å²) in [7, 11) is 3.02. The Morgan fingerprint density at radius 1 is 1.35 bits per heavy atom. The van der Waals surface area contributed by atoms with E-state index in [0.717, 1.165) is 4.57 Å². The number of hydrogen-bond donors (Lipinski definition) is 1. The molecule has 1 N–H and O–H groups in total. The fraction of sp³-hybridized carbons (Fsp3) is 0.417. The van der Waals surface area contributed by atoms with Crippen molar-refractivity contribution in [1.29, 1.82) is 0 Å². The molecule has 2 aromatic rings. The summed E-state index contributed by atoms with van der Waals surface area (Å²) < 4.78 is 4.12. The minimum atomic E-state index is -0.413. The van der Waals surface area contributed by atoms with Crippen LogP contribution < -0.4 is 11.2 Å². The lowest BCUT2D eigenvalue weighted by Gasteiger charge is -2.06. The quantitative estimate of drug-likeness (QED) is 0.605. The highest BCUT2D eigenvalue weighted by molar-refractivity contribution is 7.99. The molecule has 0 spiro atoms. The molecule has 7 nitrogen and oxygen atoms in total. The van der Waals surface area contributed by atoms with Crippen LogP contribution in [-0.4, -0.2) is 36.2 Å². The van der Waals surface area contributed by atoms with E-state index < -0.39 is 5.69 Å². The van der Waals surface area contributed by atoms with Crippen LogP contribution in [-0.2, 0) is 20.6 Å². The van der Waals surface area contributed by atoms with Crippen LogP contribution in [0.2, 0.25) is 0 Å². The van der Waals surface area contributed by atoms with Crippen molar-refractivity contribution in [1.82, 2.24) is 18.7 Å². The number of imidazole rings is 1. The van der Waals surface area contributed by atoms with E-state index in [0.29, 0.717) is 28.6 Å². The third-order valence-corrected chi connectivity index (χ3v) is 3.90. The normalized spacial score (nSPS) is 11.2. The first kappa shape index (κ1) is 14.6. The molecule has 0 saturated carbocycles. The maximum absolute atomic E-state index is 12.3. The van der Waals surface area contributed by atoms with Crippen molar-refractivity contribution >= 4 is 22.9 Å². The molecule has 108 valence electrons. The summed E-state index contributed by atoms with van der Waals surface area (Å²) >= 11 is 1.33. The van der Waals surface area contributed by atoms with Gasteiger partial charge in [0.15, 0.2) is 16.3 Å². The Morgan fingerprint density at radius 3 is 2.65 bits per heavy atom. The van der Waals surface area contributed by atoms with Crippen molar-refractivity contribution in [3.05, 3.63) is 33.5 Å². The van der Waals surface area contributed by atoms with E-state index in [4.69, 9.17) is 5.11 Å². The largest absolute Gasteiger partial charge is 0.396 e. The Balaban J connectivity index is 2.84. The van der Waals surface area contributed by atoms with Gasteiger partial charge in [0.05, 0.1) is 6.61 Å². The number of hydrogen-bond acceptors (Lipinski definition) is 5. The van der Waals surface area contributed by atoms with Crippen molar-refractivity contribution in [2.45, 2.75) is 11.7 Å². The standard InChI is InChI=1S/C12H16N4O3S/c1-4-5-16-8-9(13-11(16)20-7-6-17)14(2)12(19)15(3)10(8)18/h4,17H,1,5-7H2,2-3H3. The maximum Gasteiger partial charge on any atom is 0.332 e. The fourth-order valence-electron chi connectivity index (χ4n) is 1.97. The zero-order valence-corrected chi connectivity index (χ0v) is 12.2. The molecule has 0 aliphatic heterocycles. The molecule has 0 amide bonds. The third kappa shape index (κ3) is 2.20. The minimum Gasteiger partial charge on any atom is -0.396 e. The van der Waals surface area contributed by atoms with Gasteiger partial charge in [-0.25, -0.2) is 9.78 Å². The lowest BCUT2D eigenvalue weighted by Crippen LogP contribution is -2.37. The number of thioether (sulfide) groups is 1. The molecule has 0 bridgehead atoms. The maximum atomic E-state index is 12.3. The number of aliphatic hydroxyl groups is 1. The number of aliphatic hydroxyl groups excluding tert-OH is 1. The number of nitrogens with zero attached hydrogens (tertiary/aromatic N) is 4. The van der Waals surface area contributed by atoms with Gasteiger partial charge in [0.2, 0.25) is 0 Å². The average Bonchev–Trinajstić information content (AvgIpc) is 2.80. The second-order valence-corrected chi connectivity index (χ2v) is 5.31. The van der Waals surface area contributed by atoms with Gasteiger partial charge in [0, 0.05) is 26.4 Å². The van der Waals surface area contributed by atoms with Gasteiger partial charge in [-0.3, -0.25) is 13.9 Å². The molecule has 0 fully saturated rings. The summed E-state index contributed by atoms with van der Waals surface area (Å²) in [5, 5.41) is 9.51. The summed E-state index contributed by atoms with van der Waals surface area (Å²) in [6, 6.07) is 0. The van der Waals surface area contributed by atoms with Gasteiger partial charge >= 0.3 is 5.69 Å². The van der Waals surface area contributed by atoms with E-state index in [1.54, 1.807) is 17.7 Å². The summed E-state index contributed by atoms with van der Waals surface area (Å²) in [5.74, 6) is 0.467. The van der Waals surface area contributed by atoms with E-state index in [9.17, 15) is 9.59 Å². The van der Waals surface area contributed by atoms with Crippen LogP contribution in [0.1, 0.15) is 0 Å². The molecule has 2 aromatic heterocycles. The molecule has 20 heavy (non-hydrogen) atoms. The number of aromatic nitrogens is 4. The molecule has 0 aliphatic carbocycles. The van der Waals surface area contributed by atoms with E-state index in [2.05, 4.69) is 11.6 Å². The Labute approximate surface area is 119 Å². The van der Waals surface area contributed by atoms with Crippen LogP contribution in [0.25, 0.3) is 11.2 Å². The number of rotatable bonds is 5. The third-order valence-electron chi connectivity index (χ3n) is 2.95. The van der Waals surface area contributed by atoms with E-state index in [1.807, 2.05) is 0 Å². The topological polar surface area (TPSA) is 82.1 Å². The molecule has 2 heterocycles. The Kier molecular flexibility index (Phi) is 4.15. The lowest BCUT2D eigenvalue weighted by atomic mass is 10.5. The van der Waals surface area contributed by atoms with Crippen molar-refractivity contribution < 1.29 is 5.11 Å². The highest BCUT2D eigenvalue weighted by Crippen LogP contribution is 2.21. The predicted molar refractivity (Wildman–Crippen MR) is 78.2 cm³/mol. The summed E-state index contributed by atoms with van der Waals surface area (Å²) in [6.45, 7) is 4.10. The van der Waals surface area contributed by atoms with Gasteiger partial charge < -0.3 is 9.67 Å². The Hall–Kier alpha value is -1.80. The van der Waals surface area contributed by atoms with E-state index in [1.165, 1.54) is 23.4 Å². The van der Waals surface area contributed by atoms with Crippen molar-refractivity contribution in [3.8, 4) is 0 Å². The smallest absolute Gasteiger partial charge is 0.332 e. The fourth-order valence-corrected chi connectivity index (χ4v) is 2.72. The first-order valence-corrected chi connectivity index (χ1v) is 7.02. The van der Waals surface area contributed by atoms with Gasteiger partial charge in [0.1, 0.15) is 0 Å². The van der Waals surface area contributed by atoms with Crippen molar-refractivity contribution in [3.63, 3.8) is 0 Å². The van der Waals surface area contributed by atoms with Crippen LogP contribution in [0, 0.1) is 0 Å². The Morgan fingerprint density at radius 2 is 2.05 bits per heavy atom. The summed E-state index contributed by atoms with van der Waals surface area (Å²) in [4.78, 5) is 28.5. The molecule has 8 heteroatoms. The molecule has 0 radical (unpaired) electrons. The zero-order valence-electron chi connectivity index (χ0n) is 11.4. The molecular formula is C12H16N4O3S. The summed E-state index contributed by atoms with van der Waals surface area (Å²) in [5.41, 5.74) is -0.0758. The first-order valence-electron chi connectivity index (χ1n) is 6.03. The SMILES string of the molecule is C=CCn1c(SCCO)nc2c1c(=O)n(C)c(=O)n2C. The number of allylic oxidation sites excluding steroid dienone is 1. The van der Waals surface area contributed by atoms with Gasteiger partial charge in [-0.05, 0) is 0 Å². The van der Waals surface area contributed by atoms with E-state index >= 15 is 0 Å². The number of fused-ring (bicyclic) bond motifs is 1. The van der Waals surface area contributed by atoms with Gasteiger partial charge in [-0.15, -0.1) is 6.58 Å². The molecule has 2 rings (SSSR count). The van der Waals surface area contributed by atoms with Crippen LogP contribution in [0.5, 0.6) is 0 Å². The monoisotopic (exact) mass is 296 g/mol. The molecule has 0 aromatic carbocycles. The highest BCUT2D eigenvalue weighted by Gasteiger charge is 2.18. The zero-order chi connectivity index (χ0) is 14.9. The van der Waals surface area contributed by atoms with Gasteiger partial charge in [-0.1, -0.05) is 17.8 Å². The second-order valence-electron chi connectivity index (χ2n) is 4.24. The summed E-state index contributed by atoms with van der Waals surface area (Å²) in [6.07, 6.45) is 1.66. The minimum absolute atomic E-state index is 0.0128. The van der Waals surface area contributed by atoms with Crippen LogP contribution in [0.4, 0.5) is 0 Å². The highest BCUT2D eigenvalue weighted by atomic mass is 32.2. The van der Waals surface area contributed by atoms with Gasteiger partial charge in [0.25, 0.3) is 5.56 Å². The van der Waals surface area contributed by atoms with Crippen molar-refractivity contribution in [2.75, 3.05) is 12.4 Å². The second kappa shape index (κ2) is 5.68. The molecule has 0 saturated heterocycles. The lowest BCUT2D eigenvalue weighted by molar-refractivity contribution is 0.322. The van der Waals surface area contributed by atoms with E-state index in [-0.39, 0.29) is 12.2 Å². The Bertz CT molecular complexity index is 772. The van der Waals surface area contributed by atoms with Crippen LogP contribution in [0.15, 0.2) is 27.4 Å². The van der Waals surface area contributed by atoms with Crippen LogP contribution >= 0.6 is 11.8 Å². The molecule has 0 unspecified atom stereocenters.